The average molecular weight is 368 g/mol. The Balaban J connectivity index is 3.63. The number of hydroxylamine groups is 1. The zero-order valence-electron chi connectivity index (χ0n) is 18.6. The SMILES string of the molecule is CCCCCCCCCC(C)/C=[N+](\[O-])CC(C)CCCCCCCCC. The third kappa shape index (κ3) is 18.3. The van der Waals surface area contributed by atoms with Gasteiger partial charge < -0.3 is 5.21 Å². The summed E-state index contributed by atoms with van der Waals surface area (Å²) in [5.41, 5.74) is 0. The minimum atomic E-state index is 0.425. The molecule has 2 heteroatoms. The summed E-state index contributed by atoms with van der Waals surface area (Å²) in [5.74, 6) is 0.944. The summed E-state index contributed by atoms with van der Waals surface area (Å²) < 4.78 is 1.22. The summed E-state index contributed by atoms with van der Waals surface area (Å²) in [7, 11) is 0. The highest BCUT2D eigenvalue weighted by molar-refractivity contribution is 5.54. The summed E-state index contributed by atoms with van der Waals surface area (Å²) in [5, 5.41) is 12.1. The van der Waals surface area contributed by atoms with Gasteiger partial charge in [0.15, 0.2) is 12.8 Å². The molecule has 0 N–H and O–H groups in total. The Kier molecular flexibility index (Phi) is 18.8. The molecule has 2 atom stereocenters. The zero-order chi connectivity index (χ0) is 19.5. The van der Waals surface area contributed by atoms with Crippen LogP contribution in [0.5, 0.6) is 0 Å². The van der Waals surface area contributed by atoms with E-state index in [0.29, 0.717) is 18.4 Å². The second-order valence-corrected chi connectivity index (χ2v) is 8.65. The largest absolute Gasteiger partial charge is 0.624 e. The van der Waals surface area contributed by atoms with Crippen molar-refractivity contribution in [2.24, 2.45) is 11.8 Å². The molecule has 0 amide bonds. The molecule has 0 aromatic carbocycles. The van der Waals surface area contributed by atoms with E-state index < -0.39 is 0 Å². The number of nitrogens with zero attached hydrogens (tertiary/aromatic N) is 1. The third-order valence-electron chi connectivity index (χ3n) is 5.48. The number of rotatable bonds is 19. The Morgan fingerprint density at radius 3 is 1.58 bits per heavy atom. The first-order chi connectivity index (χ1) is 12.6. The van der Waals surface area contributed by atoms with Gasteiger partial charge in [-0.1, -0.05) is 118 Å². The Morgan fingerprint density at radius 1 is 0.654 bits per heavy atom. The molecule has 0 radical (unpaired) electrons. The van der Waals surface area contributed by atoms with Crippen LogP contribution < -0.4 is 0 Å². The molecule has 0 saturated carbocycles. The summed E-state index contributed by atoms with van der Waals surface area (Å²) in [6.45, 7) is 9.64. The molecule has 26 heavy (non-hydrogen) atoms. The molecule has 2 unspecified atom stereocenters. The monoisotopic (exact) mass is 367 g/mol. The van der Waals surface area contributed by atoms with Gasteiger partial charge in [-0.15, -0.1) is 0 Å². The predicted molar refractivity (Wildman–Crippen MR) is 118 cm³/mol. The highest BCUT2D eigenvalue weighted by Crippen LogP contribution is 2.14. The summed E-state index contributed by atoms with van der Waals surface area (Å²) in [6.07, 6.45) is 23.2. The molecule has 156 valence electrons. The molecule has 2 nitrogen and oxygen atoms in total. The van der Waals surface area contributed by atoms with E-state index in [1.54, 1.807) is 0 Å². The third-order valence-corrected chi connectivity index (χ3v) is 5.48. The number of hydrogen-bond donors (Lipinski definition) is 0. The lowest BCUT2D eigenvalue weighted by Gasteiger charge is -2.13. The fourth-order valence-corrected chi connectivity index (χ4v) is 3.69. The van der Waals surface area contributed by atoms with Gasteiger partial charge in [0, 0.05) is 11.8 Å². The first kappa shape index (κ1) is 25.5. The highest BCUT2D eigenvalue weighted by atomic mass is 16.5. The van der Waals surface area contributed by atoms with E-state index in [0.717, 1.165) is 0 Å². The van der Waals surface area contributed by atoms with Crippen molar-refractivity contribution in [2.75, 3.05) is 6.54 Å². The van der Waals surface area contributed by atoms with Crippen molar-refractivity contribution in [1.29, 1.82) is 0 Å². The van der Waals surface area contributed by atoms with Gasteiger partial charge in [-0.3, -0.25) is 0 Å². The fourth-order valence-electron chi connectivity index (χ4n) is 3.69. The van der Waals surface area contributed by atoms with Crippen LogP contribution in [0.1, 0.15) is 130 Å². The van der Waals surface area contributed by atoms with Gasteiger partial charge in [-0.2, -0.15) is 0 Å². The second kappa shape index (κ2) is 19.2. The lowest BCUT2D eigenvalue weighted by atomic mass is 10.0. The summed E-state index contributed by atoms with van der Waals surface area (Å²) in [4.78, 5) is 0. The molecular formula is C24H49NO. The van der Waals surface area contributed by atoms with Crippen molar-refractivity contribution in [2.45, 2.75) is 130 Å². The van der Waals surface area contributed by atoms with E-state index in [1.807, 2.05) is 6.21 Å². The van der Waals surface area contributed by atoms with Crippen LogP contribution >= 0.6 is 0 Å². The van der Waals surface area contributed by atoms with Gasteiger partial charge in [0.25, 0.3) is 0 Å². The summed E-state index contributed by atoms with van der Waals surface area (Å²) >= 11 is 0. The van der Waals surface area contributed by atoms with Crippen LogP contribution in [-0.2, 0) is 0 Å². The summed E-state index contributed by atoms with van der Waals surface area (Å²) in [6, 6.07) is 0. The molecule has 0 aromatic rings. The topological polar surface area (TPSA) is 26.1 Å². The van der Waals surface area contributed by atoms with E-state index in [-0.39, 0.29) is 0 Å². The van der Waals surface area contributed by atoms with Crippen LogP contribution in [-0.4, -0.2) is 17.5 Å². The van der Waals surface area contributed by atoms with Crippen LogP contribution in [0, 0.1) is 17.0 Å². The standard InChI is InChI=1S/C24H49NO/c1-5-7-9-11-13-15-17-19-23(3)21-25(26)22-24(4)20-18-16-14-12-10-8-6-2/h21,23-24H,5-20,22H2,1-4H3/b25-21-. The molecule has 0 aliphatic heterocycles. The van der Waals surface area contributed by atoms with Gasteiger partial charge in [0.2, 0.25) is 0 Å². The lowest BCUT2D eigenvalue weighted by Crippen LogP contribution is -2.17. The first-order valence-corrected chi connectivity index (χ1v) is 11.9. The molecule has 0 rings (SSSR count). The normalized spacial score (nSPS) is 14.5. The van der Waals surface area contributed by atoms with Gasteiger partial charge in [0.05, 0.1) is 0 Å². The minimum Gasteiger partial charge on any atom is -0.624 e. The van der Waals surface area contributed by atoms with Crippen molar-refractivity contribution in [1.82, 2.24) is 0 Å². The molecular weight excluding hydrogens is 318 g/mol. The molecule has 0 fully saturated rings. The van der Waals surface area contributed by atoms with E-state index in [9.17, 15) is 5.21 Å². The zero-order valence-corrected chi connectivity index (χ0v) is 18.6. The molecule has 0 saturated heterocycles. The van der Waals surface area contributed by atoms with Crippen molar-refractivity contribution >= 4 is 6.21 Å². The highest BCUT2D eigenvalue weighted by Gasteiger charge is 2.09. The second-order valence-electron chi connectivity index (χ2n) is 8.65. The van der Waals surface area contributed by atoms with E-state index in [4.69, 9.17) is 0 Å². The van der Waals surface area contributed by atoms with E-state index >= 15 is 0 Å². The maximum absolute atomic E-state index is 12.1. The first-order valence-electron chi connectivity index (χ1n) is 11.9. The van der Waals surface area contributed by atoms with Crippen molar-refractivity contribution in [3.8, 4) is 0 Å². The Labute approximate surface area is 165 Å². The average Bonchev–Trinajstić information content (AvgIpc) is 2.60. The Bertz CT molecular complexity index is 313. The quantitative estimate of drug-likeness (QED) is 0.0744. The number of hydrogen-bond acceptors (Lipinski definition) is 1. The van der Waals surface area contributed by atoms with Crippen LogP contribution in [0.2, 0.25) is 0 Å². The smallest absolute Gasteiger partial charge is 0.155 e. The van der Waals surface area contributed by atoms with Crippen LogP contribution in [0.15, 0.2) is 0 Å². The van der Waals surface area contributed by atoms with Crippen LogP contribution in [0.4, 0.5) is 0 Å². The maximum Gasteiger partial charge on any atom is 0.155 e. The molecule has 0 heterocycles. The lowest BCUT2D eigenvalue weighted by molar-refractivity contribution is -0.463. The molecule has 0 bridgehead atoms. The fraction of sp³-hybridized carbons (Fsp3) is 0.958. The van der Waals surface area contributed by atoms with Crippen LogP contribution in [0.25, 0.3) is 0 Å². The van der Waals surface area contributed by atoms with Gasteiger partial charge in [0.1, 0.15) is 0 Å². The molecule has 0 aliphatic rings. The molecule has 0 aromatic heterocycles. The Hall–Kier alpha value is -0.530. The van der Waals surface area contributed by atoms with E-state index in [2.05, 4.69) is 27.7 Å². The van der Waals surface area contributed by atoms with Gasteiger partial charge in [-0.05, 0) is 12.8 Å². The number of unbranched alkanes of at least 4 members (excludes halogenated alkanes) is 12. The Morgan fingerprint density at radius 2 is 1.08 bits per heavy atom. The van der Waals surface area contributed by atoms with Gasteiger partial charge >= 0.3 is 0 Å². The maximum atomic E-state index is 12.1. The van der Waals surface area contributed by atoms with Gasteiger partial charge in [-0.25, -0.2) is 4.74 Å². The van der Waals surface area contributed by atoms with Crippen LogP contribution in [0.3, 0.4) is 0 Å². The predicted octanol–water partition coefficient (Wildman–Crippen LogP) is 8.12. The van der Waals surface area contributed by atoms with E-state index in [1.165, 1.54) is 107 Å². The van der Waals surface area contributed by atoms with Crippen molar-refractivity contribution in [3.63, 3.8) is 0 Å². The minimum absolute atomic E-state index is 0.425. The van der Waals surface area contributed by atoms with Crippen molar-refractivity contribution < 1.29 is 4.74 Å². The molecule has 0 spiro atoms. The molecule has 0 aliphatic carbocycles. The van der Waals surface area contributed by atoms with Crippen molar-refractivity contribution in [3.05, 3.63) is 5.21 Å².